The summed E-state index contributed by atoms with van der Waals surface area (Å²) in [4.78, 5) is 23.5. The Hall–Kier alpha value is -2.50. The number of hydrogen-bond donors (Lipinski definition) is 1. The Bertz CT molecular complexity index is 791. The number of nitrogens with zero attached hydrogens (tertiary/aromatic N) is 3. The number of carbonyl (C=O) groups is 1. The van der Waals surface area contributed by atoms with Gasteiger partial charge in [-0.3, -0.25) is 4.79 Å². The number of nitrogens with one attached hydrogen (secondary N) is 1. The summed E-state index contributed by atoms with van der Waals surface area (Å²) >= 11 is 0. The maximum atomic E-state index is 12.9. The smallest absolute Gasteiger partial charge is 0.225 e. The van der Waals surface area contributed by atoms with Gasteiger partial charge in [0.05, 0.1) is 0 Å². The van der Waals surface area contributed by atoms with E-state index in [9.17, 15) is 9.18 Å². The molecule has 142 valence electrons. The molecule has 0 bridgehead atoms. The lowest BCUT2D eigenvalue weighted by molar-refractivity contribution is -0.121. The van der Waals surface area contributed by atoms with Crippen molar-refractivity contribution in [2.75, 3.05) is 18.0 Å². The van der Waals surface area contributed by atoms with E-state index in [4.69, 9.17) is 4.98 Å². The Morgan fingerprint density at radius 1 is 1.19 bits per heavy atom. The van der Waals surface area contributed by atoms with Gasteiger partial charge in [-0.05, 0) is 55.9 Å². The number of hydrogen-bond acceptors (Lipinski definition) is 4. The van der Waals surface area contributed by atoms with Crippen molar-refractivity contribution in [1.82, 2.24) is 15.3 Å². The summed E-state index contributed by atoms with van der Waals surface area (Å²) in [5, 5.41) is 3.13. The Balaban J connectivity index is 1.21. The number of aromatic nitrogens is 2. The van der Waals surface area contributed by atoms with Crippen molar-refractivity contribution in [2.24, 2.45) is 0 Å². The zero-order chi connectivity index (χ0) is 18.6. The van der Waals surface area contributed by atoms with Crippen LogP contribution in [0.2, 0.25) is 0 Å². The minimum atomic E-state index is -0.228. The average molecular weight is 368 g/mol. The largest absolute Gasteiger partial charge is 0.352 e. The first-order chi connectivity index (χ1) is 13.2. The molecule has 6 heteroatoms. The summed E-state index contributed by atoms with van der Waals surface area (Å²) in [6.07, 6.45) is 7.26. The van der Waals surface area contributed by atoms with Crippen LogP contribution in [0.1, 0.15) is 49.3 Å². The van der Waals surface area contributed by atoms with Gasteiger partial charge in [0.15, 0.2) is 0 Å². The SMILES string of the molecule is O=C(CCCc1ccc(F)cc1)NC1CCN(c2nccc(C3CC3)n2)C1. The lowest BCUT2D eigenvalue weighted by Crippen LogP contribution is -2.37. The van der Waals surface area contributed by atoms with Crippen LogP contribution in [-0.4, -0.2) is 35.0 Å². The maximum absolute atomic E-state index is 12.9. The van der Waals surface area contributed by atoms with Gasteiger partial charge in [0.2, 0.25) is 11.9 Å². The minimum Gasteiger partial charge on any atom is -0.352 e. The summed E-state index contributed by atoms with van der Waals surface area (Å²) in [5.74, 6) is 1.25. The van der Waals surface area contributed by atoms with Crippen LogP contribution in [0.25, 0.3) is 0 Å². The molecule has 2 heterocycles. The third-order valence-electron chi connectivity index (χ3n) is 5.28. The van der Waals surface area contributed by atoms with E-state index in [0.717, 1.165) is 49.6 Å². The van der Waals surface area contributed by atoms with Gasteiger partial charge < -0.3 is 10.2 Å². The van der Waals surface area contributed by atoms with Crippen LogP contribution in [0, 0.1) is 5.82 Å². The fourth-order valence-corrected chi connectivity index (χ4v) is 3.58. The van der Waals surface area contributed by atoms with E-state index >= 15 is 0 Å². The van der Waals surface area contributed by atoms with Crippen LogP contribution < -0.4 is 10.2 Å². The van der Waals surface area contributed by atoms with Crippen molar-refractivity contribution >= 4 is 11.9 Å². The van der Waals surface area contributed by atoms with E-state index in [0.29, 0.717) is 12.3 Å². The molecule has 2 fully saturated rings. The molecule has 1 saturated heterocycles. The van der Waals surface area contributed by atoms with Crippen molar-refractivity contribution in [2.45, 2.75) is 50.5 Å². The third kappa shape index (κ3) is 4.81. The van der Waals surface area contributed by atoms with Crippen LogP contribution in [0.4, 0.5) is 10.3 Å². The van der Waals surface area contributed by atoms with Crippen LogP contribution in [0.5, 0.6) is 0 Å². The predicted octanol–water partition coefficient (Wildman–Crippen LogP) is 3.21. The van der Waals surface area contributed by atoms with Crippen LogP contribution >= 0.6 is 0 Å². The lowest BCUT2D eigenvalue weighted by atomic mass is 10.1. The van der Waals surface area contributed by atoms with Gasteiger partial charge >= 0.3 is 0 Å². The van der Waals surface area contributed by atoms with E-state index in [2.05, 4.69) is 15.2 Å². The highest BCUT2D eigenvalue weighted by Gasteiger charge is 2.28. The zero-order valence-electron chi connectivity index (χ0n) is 15.4. The monoisotopic (exact) mass is 368 g/mol. The average Bonchev–Trinajstić information content (AvgIpc) is 3.43. The number of rotatable bonds is 7. The number of carbonyl (C=O) groups excluding carboxylic acids is 1. The first kappa shape index (κ1) is 17.9. The highest BCUT2D eigenvalue weighted by molar-refractivity contribution is 5.76. The van der Waals surface area contributed by atoms with Gasteiger partial charge in [-0.25, -0.2) is 14.4 Å². The molecule has 1 atom stereocenters. The fourth-order valence-electron chi connectivity index (χ4n) is 3.58. The molecule has 4 rings (SSSR count). The third-order valence-corrected chi connectivity index (χ3v) is 5.28. The van der Waals surface area contributed by atoms with Gasteiger partial charge in [0, 0.05) is 43.4 Å². The minimum absolute atomic E-state index is 0.0802. The van der Waals surface area contributed by atoms with Gasteiger partial charge in [-0.1, -0.05) is 12.1 Å². The molecule has 1 N–H and O–H groups in total. The van der Waals surface area contributed by atoms with Crippen LogP contribution in [0.3, 0.4) is 0 Å². The highest BCUT2D eigenvalue weighted by Crippen LogP contribution is 2.39. The molecule has 2 aliphatic rings. The Kier molecular flexibility index (Phi) is 5.32. The number of aryl methyl sites for hydroxylation is 1. The second-order valence-corrected chi connectivity index (χ2v) is 7.53. The van der Waals surface area contributed by atoms with E-state index in [1.54, 1.807) is 12.1 Å². The molecule has 1 amide bonds. The second kappa shape index (κ2) is 8.03. The molecule has 2 aromatic rings. The molecule has 1 saturated carbocycles. The van der Waals surface area contributed by atoms with Gasteiger partial charge in [-0.15, -0.1) is 0 Å². The molecule has 1 unspecified atom stereocenters. The standard InChI is InChI=1S/C21H25FN4O/c22-17-8-4-15(5-9-17)2-1-3-20(27)24-18-11-13-26(14-18)21-23-12-10-19(25-21)16-6-7-16/h4-5,8-10,12,16,18H,1-3,6-7,11,13-14H2,(H,24,27). The number of halogens is 1. The first-order valence-corrected chi connectivity index (χ1v) is 9.79. The van der Waals surface area contributed by atoms with Crippen molar-refractivity contribution in [3.8, 4) is 0 Å². The topological polar surface area (TPSA) is 58.1 Å². The molecular weight excluding hydrogens is 343 g/mol. The number of benzene rings is 1. The fraction of sp³-hybridized carbons (Fsp3) is 0.476. The summed E-state index contributed by atoms with van der Waals surface area (Å²) in [6.45, 7) is 1.63. The van der Waals surface area contributed by atoms with Gasteiger partial charge in [0.25, 0.3) is 0 Å². The normalized spacial score (nSPS) is 19.3. The summed E-state index contributed by atoms with van der Waals surface area (Å²) in [7, 11) is 0. The van der Waals surface area contributed by atoms with E-state index < -0.39 is 0 Å². The molecule has 1 aromatic heterocycles. The van der Waals surface area contributed by atoms with Crippen molar-refractivity contribution in [3.05, 3.63) is 53.6 Å². The molecule has 27 heavy (non-hydrogen) atoms. The van der Waals surface area contributed by atoms with E-state index in [-0.39, 0.29) is 17.8 Å². The van der Waals surface area contributed by atoms with Crippen LogP contribution in [0.15, 0.2) is 36.5 Å². The first-order valence-electron chi connectivity index (χ1n) is 9.79. The highest BCUT2D eigenvalue weighted by atomic mass is 19.1. The Morgan fingerprint density at radius 3 is 2.78 bits per heavy atom. The van der Waals surface area contributed by atoms with Crippen molar-refractivity contribution in [1.29, 1.82) is 0 Å². The Morgan fingerprint density at radius 2 is 2.00 bits per heavy atom. The predicted molar refractivity (Wildman–Crippen MR) is 102 cm³/mol. The molecule has 1 aromatic carbocycles. The van der Waals surface area contributed by atoms with Crippen molar-refractivity contribution < 1.29 is 9.18 Å². The van der Waals surface area contributed by atoms with Gasteiger partial charge in [0.1, 0.15) is 5.82 Å². The van der Waals surface area contributed by atoms with E-state index in [1.165, 1.54) is 25.0 Å². The van der Waals surface area contributed by atoms with E-state index in [1.807, 2.05) is 12.3 Å². The Labute approximate surface area is 159 Å². The lowest BCUT2D eigenvalue weighted by Gasteiger charge is -2.17. The molecule has 0 spiro atoms. The van der Waals surface area contributed by atoms with Crippen LogP contribution in [-0.2, 0) is 11.2 Å². The molecule has 0 radical (unpaired) electrons. The molecule has 1 aliphatic heterocycles. The number of anilines is 1. The summed E-state index contributed by atoms with van der Waals surface area (Å²) in [5.41, 5.74) is 2.21. The quantitative estimate of drug-likeness (QED) is 0.815. The maximum Gasteiger partial charge on any atom is 0.225 e. The summed E-state index contributed by atoms with van der Waals surface area (Å²) < 4.78 is 12.9. The van der Waals surface area contributed by atoms with Crippen molar-refractivity contribution in [3.63, 3.8) is 0 Å². The van der Waals surface area contributed by atoms with Gasteiger partial charge in [-0.2, -0.15) is 0 Å². The molecular formula is C21H25FN4O. The molecule has 1 aliphatic carbocycles. The molecule has 5 nitrogen and oxygen atoms in total. The zero-order valence-corrected chi connectivity index (χ0v) is 15.4. The number of amides is 1. The summed E-state index contributed by atoms with van der Waals surface area (Å²) in [6, 6.07) is 8.63. The second-order valence-electron chi connectivity index (χ2n) is 7.53.